The van der Waals surface area contributed by atoms with E-state index in [1.165, 1.54) is 24.6 Å². The molecule has 4 N–H and O–H groups in total. The number of fused-ring (bicyclic) bond motifs is 1. The number of para-hydroxylation sites is 1. The summed E-state index contributed by atoms with van der Waals surface area (Å²) in [6.45, 7) is 16.8. The van der Waals surface area contributed by atoms with Gasteiger partial charge in [-0.05, 0) is 55.4 Å². The Morgan fingerprint density at radius 2 is 1.58 bits per heavy atom. The van der Waals surface area contributed by atoms with Crippen molar-refractivity contribution in [3.05, 3.63) is 65.7 Å². The number of amides is 2. The lowest BCUT2D eigenvalue weighted by molar-refractivity contribution is -0.129. The first-order chi connectivity index (χ1) is 20.5. The van der Waals surface area contributed by atoms with Crippen molar-refractivity contribution in [1.29, 1.82) is 0 Å². The minimum atomic E-state index is -0.537. The summed E-state index contributed by atoms with van der Waals surface area (Å²) in [6, 6.07) is 12.5. The average Bonchev–Trinajstić information content (AvgIpc) is 2.95. The van der Waals surface area contributed by atoms with Crippen LogP contribution in [0.1, 0.15) is 73.3 Å². The van der Waals surface area contributed by atoms with Gasteiger partial charge in [0.1, 0.15) is 30.0 Å². The lowest BCUT2D eigenvalue weighted by atomic mass is 10.00. The summed E-state index contributed by atoms with van der Waals surface area (Å²) in [5, 5.41) is 12.8. The van der Waals surface area contributed by atoms with E-state index in [2.05, 4.69) is 68.9 Å². The number of hydrogen-bond donors (Lipinski definition) is 4. The van der Waals surface area contributed by atoms with E-state index in [1.807, 2.05) is 25.1 Å². The summed E-state index contributed by atoms with van der Waals surface area (Å²) in [5.41, 5.74) is 1.14. The van der Waals surface area contributed by atoms with Crippen molar-refractivity contribution < 1.29 is 23.1 Å². The van der Waals surface area contributed by atoms with E-state index >= 15 is 0 Å². The molecule has 1 aliphatic rings. The maximum absolute atomic E-state index is 12.8. The molecule has 0 spiro atoms. The van der Waals surface area contributed by atoms with Crippen LogP contribution < -0.4 is 26.0 Å². The molecular formula is C34H54F2N4O3. The number of halogens is 2. The fourth-order valence-corrected chi connectivity index (χ4v) is 4.29. The highest BCUT2D eigenvalue weighted by molar-refractivity contribution is 5.88. The minimum Gasteiger partial charge on any atom is -0.492 e. The van der Waals surface area contributed by atoms with Crippen LogP contribution >= 0.6 is 0 Å². The maximum atomic E-state index is 12.8. The van der Waals surface area contributed by atoms with Crippen LogP contribution in [-0.4, -0.2) is 56.2 Å². The zero-order chi connectivity index (χ0) is 32.2. The number of benzene rings is 2. The standard InChI is InChI=1S/C25H42N4O3.C6H4F2.C3H8/c1-6-9-21-25(31)28-13-18(4)12-20-10-7-8-11-23(20)32-16-19(5)26-14-22(17(2)3)27-15-24(30)29-21;7-5-2-1-3-6(8)4-5;1-3-2/h7-8,10-11,17-19,21-22,26-27H,6,9,12-16H2,1-5H3,(H,28,31)(H,29,30);1-4H;3H2,1-2H3/t18?,19-,21?,22?;;/m0../s1. The molecule has 242 valence electrons. The van der Waals surface area contributed by atoms with Gasteiger partial charge in [0.25, 0.3) is 0 Å². The number of carbonyl (C=O) groups is 2. The molecule has 2 amide bonds. The topological polar surface area (TPSA) is 91.5 Å². The highest BCUT2D eigenvalue weighted by Crippen LogP contribution is 2.21. The Kier molecular flexibility index (Phi) is 19.1. The summed E-state index contributed by atoms with van der Waals surface area (Å²) in [7, 11) is 0. The molecule has 0 aliphatic carbocycles. The molecule has 1 aliphatic heterocycles. The number of rotatable bonds is 3. The number of ether oxygens (including phenoxy) is 1. The first-order valence-electron chi connectivity index (χ1n) is 15.7. The maximum Gasteiger partial charge on any atom is 0.242 e. The second-order valence-corrected chi connectivity index (χ2v) is 11.6. The number of carbonyl (C=O) groups excluding carboxylic acids is 2. The van der Waals surface area contributed by atoms with Gasteiger partial charge in [-0.3, -0.25) is 9.59 Å². The second-order valence-electron chi connectivity index (χ2n) is 11.6. The summed E-state index contributed by atoms with van der Waals surface area (Å²) < 4.78 is 30.0. The monoisotopic (exact) mass is 604 g/mol. The Balaban J connectivity index is 0.000000705. The molecule has 0 bridgehead atoms. The van der Waals surface area contributed by atoms with Crippen molar-refractivity contribution >= 4 is 11.8 Å². The van der Waals surface area contributed by atoms with Crippen molar-refractivity contribution in [2.24, 2.45) is 11.8 Å². The summed E-state index contributed by atoms with van der Waals surface area (Å²) in [6.07, 6.45) is 3.50. The van der Waals surface area contributed by atoms with E-state index < -0.39 is 17.7 Å². The minimum absolute atomic E-state index is 0.117. The fraction of sp³-hybridized carbons (Fsp3) is 0.588. The third-order valence-corrected chi connectivity index (χ3v) is 6.69. The van der Waals surface area contributed by atoms with Gasteiger partial charge < -0.3 is 26.0 Å². The van der Waals surface area contributed by atoms with E-state index in [0.29, 0.717) is 25.5 Å². The zero-order valence-electron chi connectivity index (χ0n) is 27.1. The normalized spacial score (nSPS) is 22.1. The van der Waals surface area contributed by atoms with Gasteiger partial charge in [-0.2, -0.15) is 0 Å². The van der Waals surface area contributed by atoms with E-state index in [9.17, 15) is 18.4 Å². The largest absolute Gasteiger partial charge is 0.492 e. The third-order valence-electron chi connectivity index (χ3n) is 6.69. The molecule has 0 radical (unpaired) electrons. The summed E-state index contributed by atoms with van der Waals surface area (Å²) in [5.74, 6) is 0.151. The van der Waals surface area contributed by atoms with Crippen molar-refractivity contribution in [2.45, 2.75) is 92.3 Å². The quantitative estimate of drug-likeness (QED) is 0.365. The van der Waals surface area contributed by atoms with Crippen molar-refractivity contribution in [3.63, 3.8) is 0 Å². The molecule has 0 saturated carbocycles. The van der Waals surface area contributed by atoms with Crippen LogP contribution in [0.4, 0.5) is 8.78 Å². The van der Waals surface area contributed by atoms with Crippen LogP contribution in [0, 0.1) is 23.5 Å². The van der Waals surface area contributed by atoms with Gasteiger partial charge in [0.05, 0.1) is 6.54 Å². The van der Waals surface area contributed by atoms with Gasteiger partial charge in [0.15, 0.2) is 0 Å². The Morgan fingerprint density at radius 3 is 2.16 bits per heavy atom. The van der Waals surface area contributed by atoms with Gasteiger partial charge in [-0.25, -0.2) is 8.78 Å². The molecule has 0 saturated heterocycles. The molecule has 4 atom stereocenters. The predicted octanol–water partition coefficient (Wildman–Crippen LogP) is 5.63. The number of nitrogens with one attached hydrogen (secondary N) is 4. The Hall–Kier alpha value is -3.04. The SMILES string of the molecule is CCC.CCCC1NC(=O)CNC(C(C)C)CN[C@@H](C)COc2ccccc2CC(C)CNC1=O.Fc1cccc(F)c1. The molecule has 3 rings (SSSR count). The first kappa shape index (κ1) is 38.0. The zero-order valence-corrected chi connectivity index (χ0v) is 27.1. The van der Waals surface area contributed by atoms with Crippen molar-refractivity contribution in [1.82, 2.24) is 21.3 Å². The average molecular weight is 605 g/mol. The summed E-state index contributed by atoms with van der Waals surface area (Å²) in [4.78, 5) is 25.3. The van der Waals surface area contributed by atoms with Gasteiger partial charge in [-0.15, -0.1) is 0 Å². The third kappa shape index (κ3) is 16.4. The van der Waals surface area contributed by atoms with Crippen molar-refractivity contribution in [2.75, 3.05) is 26.2 Å². The van der Waals surface area contributed by atoms with Crippen LogP contribution in [0.25, 0.3) is 0 Å². The molecule has 1 heterocycles. The van der Waals surface area contributed by atoms with E-state index in [-0.39, 0.29) is 36.4 Å². The molecule has 2 aromatic carbocycles. The second kappa shape index (κ2) is 21.6. The van der Waals surface area contributed by atoms with Crippen molar-refractivity contribution in [3.8, 4) is 5.75 Å². The molecule has 3 unspecified atom stereocenters. The van der Waals surface area contributed by atoms with Gasteiger partial charge >= 0.3 is 0 Å². The summed E-state index contributed by atoms with van der Waals surface area (Å²) >= 11 is 0. The predicted molar refractivity (Wildman–Crippen MR) is 171 cm³/mol. The van der Waals surface area contributed by atoms with Gasteiger partial charge in [0.2, 0.25) is 11.8 Å². The van der Waals surface area contributed by atoms with E-state index in [0.717, 1.165) is 36.8 Å². The highest BCUT2D eigenvalue weighted by Gasteiger charge is 2.22. The Bertz CT molecular complexity index is 1050. The van der Waals surface area contributed by atoms with Crippen LogP contribution in [0.3, 0.4) is 0 Å². The molecule has 0 aromatic heterocycles. The van der Waals surface area contributed by atoms with Crippen LogP contribution in [0.15, 0.2) is 48.5 Å². The molecule has 9 heteroatoms. The van der Waals surface area contributed by atoms with Gasteiger partial charge in [0, 0.05) is 31.2 Å². The van der Waals surface area contributed by atoms with Crippen LogP contribution in [-0.2, 0) is 16.0 Å². The lowest BCUT2D eigenvalue weighted by Crippen LogP contribution is -2.52. The van der Waals surface area contributed by atoms with Gasteiger partial charge in [-0.1, -0.05) is 78.6 Å². The fourth-order valence-electron chi connectivity index (χ4n) is 4.29. The van der Waals surface area contributed by atoms with E-state index in [4.69, 9.17) is 4.74 Å². The Labute approximate surface area is 257 Å². The smallest absolute Gasteiger partial charge is 0.242 e. The molecular weight excluding hydrogens is 550 g/mol. The highest BCUT2D eigenvalue weighted by atomic mass is 19.1. The molecule has 7 nitrogen and oxygen atoms in total. The van der Waals surface area contributed by atoms with Crippen LogP contribution in [0.5, 0.6) is 5.75 Å². The first-order valence-corrected chi connectivity index (χ1v) is 15.7. The Morgan fingerprint density at radius 1 is 0.930 bits per heavy atom. The number of hydrogen-bond acceptors (Lipinski definition) is 5. The lowest BCUT2D eigenvalue weighted by Gasteiger charge is -2.26. The molecule has 0 fully saturated rings. The molecule has 43 heavy (non-hydrogen) atoms. The molecule has 2 aromatic rings. The van der Waals surface area contributed by atoms with Crippen LogP contribution in [0.2, 0.25) is 0 Å². The van der Waals surface area contributed by atoms with E-state index in [1.54, 1.807) is 0 Å².